The first-order valence-electron chi connectivity index (χ1n) is 13.5. The normalized spacial score (nSPS) is 12.0. The Morgan fingerprint density at radius 2 is 0.750 bits per heavy atom. The van der Waals surface area contributed by atoms with E-state index in [2.05, 4.69) is 178 Å². The van der Waals surface area contributed by atoms with Crippen molar-refractivity contribution in [3.63, 3.8) is 0 Å². The van der Waals surface area contributed by atoms with Gasteiger partial charge in [-0.2, -0.15) is 0 Å². The topological polar surface area (TPSA) is 4.93 Å². The average Bonchev–Trinajstić information content (AvgIpc) is 3.36. The number of nitrogens with zero attached hydrogens (tertiary/aromatic N) is 1. The molecule has 1 heterocycles. The third-order valence-electron chi connectivity index (χ3n) is 7.50. The zero-order valence-electron chi connectivity index (χ0n) is 21.8. The van der Waals surface area contributed by atoms with E-state index in [1.165, 1.54) is 55.2 Å². The lowest BCUT2D eigenvalue weighted by Gasteiger charge is -2.19. The molecule has 7 rings (SSSR count). The van der Waals surface area contributed by atoms with Gasteiger partial charge in [0.1, 0.15) is 0 Å². The molecule has 2 heteroatoms. The molecule has 0 atom stereocenters. The van der Waals surface area contributed by atoms with Gasteiger partial charge in [0, 0.05) is 20.9 Å². The van der Waals surface area contributed by atoms with Crippen LogP contribution in [0.2, 0.25) is 0 Å². The Morgan fingerprint density at radius 1 is 0.375 bits per heavy atom. The number of para-hydroxylation sites is 2. The number of fused-ring (bicyclic) bond motifs is 3. The number of benzene rings is 6. The lowest BCUT2D eigenvalue weighted by molar-refractivity contribution is 1.18. The van der Waals surface area contributed by atoms with Crippen LogP contribution in [0.5, 0.6) is 0 Å². The fourth-order valence-corrected chi connectivity index (χ4v) is 5.98. The largest absolute Gasteiger partial charge is 0.309 e. The van der Waals surface area contributed by atoms with Crippen LogP contribution in [0.25, 0.3) is 38.6 Å². The van der Waals surface area contributed by atoms with E-state index in [-0.39, 0.29) is 0 Å². The first kappa shape index (κ1) is 24.4. The third-order valence-corrected chi connectivity index (χ3v) is 8.03. The summed E-state index contributed by atoms with van der Waals surface area (Å²) in [6.45, 7) is 0. The van der Waals surface area contributed by atoms with E-state index in [1.54, 1.807) is 0 Å². The molecule has 0 radical (unpaired) electrons. The smallest absolute Gasteiger partial charge is 0.0541 e. The van der Waals surface area contributed by atoms with Crippen molar-refractivity contribution in [2.75, 3.05) is 0 Å². The van der Waals surface area contributed by atoms with Gasteiger partial charge in [-0.3, -0.25) is 0 Å². The summed E-state index contributed by atoms with van der Waals surface area (Å²) in [6.07, 6.45) is 0. The second-order valence-electron chi connectivity index (χ2n) is 9.91. The third kappa shape index (κ3) is 4.37. The summed E-state index contributed by atoms with van der Waals surface area (Å²) in [5.41, 5.74) is 10.7. The van der Waals surface area contributed by atoms with Gasteiger partial charge in [-0.1, -0.05) is 137 Å². The van der Waals surface area contributed by atoms with Gasteiger partial charge in [-0.25, -0.2) is 0 Å². The molecule has 190 valence electrons. The van der Waals surface area contributed by atoms with Crippen molar-refractivity contribution in [3.8, 4) is 5.69 Å². The maximum absolute atomic E-state index is 3.62. The SMILES string of the molecule is Brc1ccc(C(=C(c2ccccc2)c2ccc(-n3c4ccccc4c4ccccc43)cc2)c2ccccc2)cc1. The predicted molar refractivity (Wildman–Crippen MR) is 173 cm³/mol. The van der Waals surface area contributed by atoms with E-state index in [1.807, 2.05) is 0 Å². The Labute approximate surface area is 242 Å². The van der Waals surface area contributed by atoms with Crippen molar-refractivity contribution in [1.82, 2.24) is 4.57 Å². The number of hydrogen-bond acceptors (Lipinski definition) is 0. The quantitative estimate of drug-likeness (QED) is 0.180. The Balaban J connectivity index is 1.47. The zero-order valence-corrected chi connectivity index (χ0v) is 23.4. The molecule has 6 aromatic carbocycles. The molecule has 0 saturated heterocycles. The van der Waals surface area contributed by atoms with E-state index in [0.29, 0.717) is 0 Å². The molecule has 0 aliphatic rings. The molecular weight excluding hydrogens is 550 g/mol. The minimum atomic E-state index is 1.07. The monoisotopic (exact) mass is 575 g/mol. The molecular formula is C38H26BrN. The first-order valence-corrected chi connectivity index (χ1v) is 14.3. The highest BCUT2D eigenvalue weighted by atomic mass is 79.9. The van der Waals surface area contributed by atoms with Gasteiger partial charge in [0.2, 0.25) is 0 Å². The number of halogens is 1. The molecule has 0 unspecified atom stereocenters. The standard InChI is InChI=1S/C38H26BrN/c39-31-23-19-29(20-24-31)37(27-11-3-1-4-12-27)38(28-13-5-2-6-14-28)30-21-25-32(26-22-30)40-35-17-9-7-15-33(35)34-16-8-10-18-36(34)40/h1-26H. The molecule has 0 amide bonds. The molecule has 40 heavy (non-hydrogen) atoms. The van der Waals surface area contributed by atoms with Crippen molar-refractivity contribution >= 4 is 48.9 Å². The average molecular weight is 577 g/mol. The van der Waals surface area contributed by atoms with Crippen molar-refractivity contribution < 1.29 is 0 Å². The molecule has 0 spiro atoms. The number of rotatable bonds is 5. The van der Waals surface area contributed by atoms with Gasteiger partial charge in [0.25, 0.3) is 0 Å². The maximum atomic E-state index is 3.62. The molecule has 0 N–H and O–H groups in total. The molecule has 1 nitrogen and oxygen atoms in total. The van der Waals surface area contributed by atoms with Gasteiger partial charge in [0.05, 0.1) is 11.0 Å². The fourth-order valence-electron chi connectivity index (χ4n) is 5.71. The van der Waals surface area contributed by atoms with Crippen molar-refractivity contribution in [1.29, 1.82) is 0 Å². The summed E-state index contributed by atoms with van der Waals surface area (Å²) < 4.78 is 3.44. The van der Waals surface area contributed by atoms with Crippen molar-refractivity contribution in [2.45, 2.75) is 0 Å². The lowest BCUT2D eigenvalue weighted by Crippen LogP contribution is -1.99. The Bertz CT molecular complexity index is 1910. The Morgan fingerprint density at radius 3 is 1.23 bits per heavy atom. The van der Waals surface area contributed by atoms with Crippen molar-refractivity contribution in [2.24, 2.45) is 0 Å². The second kappa shape index (κ2) is 10.5. The van der Waals surface area contributed by atoms with Crippen LogP contribution in [0, 0.1) is 0 Å². The van der Waals surface area contributed by atoms with Crippen molar-refractivity contribution in [3.05, 3.63) is 184 Å². The van der Waals surface area contributed by atoms with Gasteiger partial charge < -0.3 is 4.57 Å². The van der Waals surface area contributed by atoms with Crippen LogP contribution in [0.1, 0.15) is 22.3 Å². The van der Waals surface area contributed by atoms with E-state index < -0.39 is 0 Å². The molecule has 0 saturated carbocycles. The number of hydrogen-bond donors (Lipinski definition) is 0. The molecule has 0 aliphatic heterocycles. The lowest BCUT2D eigenvalue weighted by atomic mass is 9.86. The highest BCUT2D eigenvalue weighted by Gasteiger charge is 2.17. The highest BCUT2D eigenvalue weighted by Crippen LogP contribution is 2.38. The maximum Gasteiger partial charge on any atom is 0.0541 e. The van der Waals surface area contributed by atoms with Crippen LogP contribution in [0.15, 0.2) is 162 Å². The molecule has 0 aliphatic carbocycles. The van der Waals surface area contributed by atoms with Crippen LogP contribution in [0.3, 0.4) is 0 Å². The Hall–Kier alpha value is -4.66. The van der Waals surface area contributed by atoms with Crippen LogP contribution < -0.4 is 0 Å². The summed E-state index contributed by atoms with van der Waals surface area (Å²) in [4.78, 5) is 0. The van der Waals surface area contributed by atoms with Gasteiger partial charge in [-0.05, 0) is 69.8 Å². The zero-order chi connectivity index (χ0) is 26.9. The Kier molecular flexibility index (Phi) is 6.39. The van der Waals surface area contributed by atoms with E-state index >= 15 is 0 Å². The summed E-state index contributed by atoms with van der Waals surface area (Å²) >= 11 is 3.62. The van der Waals surface area contributed by atoms with E-state index in [9.17, 15) is 0 Å². The van der Waals surface area contributed by atoms with Crippen LogP contribution >= 0.6 is 15.9 Å². The second-order valence-corrected chi connectivity index (χ2v) is 10.8. The molecule has 0 bridgehead atoms. The summed E-state index contributed by atoms with van der Waals surface area (Å²) in [6, 6.07) is 56.4. The predicted octanol–water partition coefficient (Wildman–Crippen LogP) is 10.6. The van der Waals surface area contributed by atoms with Gasteiger partial charge in [0.15, 0.2) is 0 Å². The van der Waals surface area contributed by atoms with Crippen LogP contribution in [-0.4, -0.2) is 4.57 Å². The molecule has 7 aromatic rings. The first-order chi connectivity index (χ1) is 19.8. The summed E-state index contributed by atoms with van der Waals surface area (Å²) in [5.74, 6) is 0. The summed E-state index contributed by atoms with van der Waals surface area (Å²) in [5, 5.41) is 2.54. The van der Waals surface area contributed by atoms with Crippen LogP contribution in [-0.2, 0) is 0 Å². The minimum absolute atomic E-state index is 1.07. The van der Waals surface area contributed by atoms with Gasteiger partial charge in [-0.15, -0.1) is 0 Å². The molecule has 0 fully saturated rings. The number of aromatic nitrogens is 1. The summed E-state index contributed by atoms with van der Waals surface area (Å²) in [7, 11) is 0. The highest BCUT2D eigenvalue weighted by molar-refractivity contribution is 9.10. The van der Waals surface area contributed by atoms with E-state index in [4.69, 9.17) is 0 Å². The van der Waals surface area contributed by atoms with E-state index in [0.717, 1.165) is 10.2 Å². The minimum Gasteiger partial charge on any atom is -0.309 e. The fraction of sp³-hybridized carbons (Fsp3) is 0. The van der Waals surface area contributed by atoms with Crippen LogP contribution in [0.4, 0.5) is 0 Å². The molecule has 1 aromatic heterocycles. The van der Waals surface area contributed by atoms with Gasteiger partial charge >= 0.3 is 0 Å².